The summed E-state index contributed by atoms with van der Waals surface area (Å²) >= 11 is 2.82. The van der Waals surface area contributed by atoms with Gasteiger partial charge in [-0.1, -0.05) is 60.3 Å². The number of aliphatic imine (C=N–C) groups is 1. The fraction of sp³-hybridized carbons (Fsp3) is 0.273. The normalized spacial score (nSPS) is 18.9. The van der Waals surface area contributed by atoms with Crippen molar-refractivity contribution < 1.29 is 9.53 Å². The van der Waals surface area contributed by atoms with Crippen LogP contribution in [0.5, 0.6) is 5.75 Å². The van der Waals surface area contributed by atoms with E-state index in [0.717, 1.165) is 34.3 Å². The monoisotopic (exact) mass is 395 g/mol. The first-order valence-corrected chi connectivity index (χ1v) is 11.0. The maximum atomic E-state index is 12.4. The smallest absolute Gasteiger partial charge is 0.244 e. The van der Waals surface area contributed by atoms with Gasteiger partial charge in [-0.15, -0.1) is 0 Å². The third-order valence-corrected chi connectivity index (χ3v) is 6.69. The van der Waals surface area contributed by atoms with Crippen molar-refractivity contribution in [2.24, 2.45) is 4.99 Å². The molecule has 138 valence electrons. The Morgan fingerprint density at radius 1 is 1.07 bits per heavy atom. The third kappa shape index (κ3) is 4.85. The van der Waals surface area contributed by atoms with Gasteiger partial charge in [0.05, 0.1) is 6.10 Å². The summed E-state index contributed by atoms with van der Waals surface area (Å²) in [4.78, 5) is 16.9. The van der Waals surface area contributed by atoms with E-state index in [1.165, 1.54) is 30.2 Å². The lowest BCUT2D eigenvalue weighted by molar-refractivity contribution is -0.107. The Bertz CT molecular complexity index is 871. The number of benzene rings is 2. The molecule has 2 aromatic rings. The largest absolute Gasteiger partial charge is 0.490 e. The lowest BCUT2D eigenvalue weighted by Gasteiger charge is -2.15. The molecule has 1 fully saturated rings. The average Bonchev–Trinajstić information content (AvgIpc) is 3.32. The van der Waals surface area contributed by atoms with E-state index in [1.807, 2.05) is 48.5 Å². The molecular formula is C22H21NO2S2. The van der Waals surface area contributed by atoms with Crippen LogP contribution in [-0.2, 0) is 10.5 Å². The van der Waals surface area contributed by atoms with Crippen LogP contribution in [0.4, 0.5) is 0 Å². The lowest BCUT2D eigenvalue weighted by Crippen LogP contribution is -2.11. The standard InChI is InChI=1S/C22H21NO2S2/c24-21-19(23-22(27-21)26-15-16-8-2-1-3-9-16)14-17-10-4-7-13-20(17)25-18-11-5-6-12-18/h1-4,7-10,13-14,18H,5-6,11-12,15H2/b19-14-. The zero-order valence-corrected chi connectivity index (χ0v) is 16.6. The third-order valence-electron chi connectivity index (χ3n) is 4.61. The van der Waals surface area contributed by atoms with E-state index < -0.39 is 0 Å². The second-order valence-corrected chi connectivity index (χ2v) is 8.82. The molecule has 0 amide bonds. The van der Waals surface area contributed by atoms with Gasteiger partial charge in [0.1, 0.15) is 15.8 Å². The first-order valence-electron chi connectivity index (χ1n) is 9.23. The highest BCUT2D eigenvalue weighted by molar-refractivity contribution is 8.45. The Kier molecular flexibility index (Phi) is 6.00. The second kappa shape index (κ2) is 8.81. The fourth-order valence-corrected chi connectivity index (χ4v) is 5.01. The number of hydrogen-bond donors (Lipinski definition) is 0. The zero-order chi connectivity index (χ0) is 18.5. The van der Waals surface area contributed by atoms with E-state index >= 15 is 0 Å². The van der Waals surface area contributed by atoms with Crippen LogP contribution >= 0.6 is 23.5 Å². The van der Waals surface area contributed by atoms with Crippen LogP contribution in [0.3, 0.4) is 0 Å². The van der Waals surface area contributed by atoms with Gasteiger partial charge in [0.2, 0.25) is 5.12 Å². The number of thioether (sulfide) groups is 2. The van der Waals surface area contributed by atoms with Gasteiger partial charge in [-0.3, -0.25) is 4.79 Å². The Morgan fingerprint density at radius 2 is 1.81 bits per heavy atom. The molecule has 2 aromatic carbocycles. The van der Waals surface area contributed by atoms with Crippen molar-refractivity contribution >= 4 is 39.1 Å². The summed E-state index contributed by atoms with van der Waals surface area (Å²) in [5, 5.41) is 0.00114. The van der Waals surface area contributed by atoms with Crippen LogP contribution in [0.15, 0.2) is 65.3 Å². The first kappa shape index (κ1) is 18.4. The van der Waals surface area contributed by atoms with E-state index in [4.69, 9.17) is 4.74 Å². The average molecular weight is 396 g/mol. The van der Waals surface area contributed by atoms with E-state index in [1.54, 1.807) is 11.8 Å². The predicted molar refractivity (Wildman–Crippen MR) is 115 cm³/mol. The number of ether oxygens (including phenoxy) is 1. The Morgan fingerprint density at radius 3 is 2.63 bits per heavy atom. The molecule has 0 unspecified atom stereocenters. The minimum absolute atomic E-state index is 0.00114. The predicted octanol–water partition coefficient (Wildman–Crippen LogP) is 5.91. The quantitative estimate of drug-likeness (QED) is 0.590. The molecule has 0 aromatic heterocycles. The fourth-order valence-electron chi connectivity index (χ4n) is 3.21. The summed E-state index contributed by atoms with van der Waals surface area (Å²) in [6.07, 6.45) is 6.83. The minimum atomic E-state index is 0.00114. The lowest BCUT2D eigenvalue weighted by atomic mass is 10.1. The van der Waals surface area contributed by atoms with Crippen LogP contribution in [0.1, 0.15) is 36.8 Å². The van der Waals surface area contributed by atoms with E-state index in [-0.39, 0.29) is 5.12 Å². The van der Waals surface area contributed by atoms with Gasteiger partial charge in [-0.25, -0.2) is 4.99 Å². The molecule has 0 bridgehead atoms. The van der Waals surface area contributed by atoms with Crippen LogP contribution in [-0.4, -0.2) is 15.6 Å². The molecule has 0 spiro atoms. The minimum Gasteiger partial charge on any atom is -0.490 e. The van der Waals surface area contributed by atoms with E-state index in [0.29, 0.717) is 11.8 Å². The second-order valence-electron chi connectivity index (χ2n) is 6.63. The van der Waals surface area contributed by atoms with Crippen molar-refractivity contribution in [2.75, 3.05) is 0 Å². The molecule has 1 saturated carbocycles. The highest BCUT2D eigenvalue weighted by atomic mass is 32.2. The molecule has 4 rings (SSSR count). The molecule has 1 aliphatic carbocycles. The van der Waals surface area contributed by atoms with Crippen molar-refractivity contribution in [2.45, 2.75) is 37.5 Å². The van der Waals surface area contributed by atoms with Crippen LogP contribution in [0.25, 0.3) is 6.08 Å². The summed E-state index contributed by atoms with van der Waals surface area (Å²) in [6.45, 7) is 0. The van der Waals surface area contributed by atoms with Gasteiger partial charge in [-0.2, -0.15) is 0 Å². The molecule has 0 radical (unpaired) electrons. The SMILES string of the molecule is O=C1SC(SCc2ccccc2)=N/C1=C\c1ccccc1OC1CCCC1. The van der Waals surface area contributed by atoms with Crippen molar-refractivity contribution in [3.05, 3.63) is 71.4 Å². The number of nitrogens with zero attached hydrogens (tertiary/aromatic N) is 1. The summed E-state index contributed by atoms with van der Waals surface area (Å²) in [5.41, 5.74) is 2.65. The molecular weight excluding hydrogens is 374 g/mol. The summed E-state index contributed by atoms with van der Waals surface area (Å²) < 4.78 is 6.98. The number of rotatable bonds is 5. The maximum absolute atomic E-state index is 12.4. The van der Waals surface area contributed by atoms with Gasteiger partial charge in [0.25, 0.3) is 0 Å². The highest BCUT2D eigenvalue weighted by Crippen LogP contribution is 2.34. The Balaban J connectivity index is 1.48. The first-order chi connectivity index (χ1) is 13.3. The van der Waals surface area contributed by atoms with Gasteiger partial charge in [-0.05, 0) is 55.2 Å². The Labute approximate surface area is 168 Å². The molecule has 27 heavy (non-hydrogen) atoms. The molecule has 0 atom stereocenters. The van der Waals surface area contributed by atoms with E-state index in [2.05, 4.69) is 17.1 Å². The topological polar surface area (TPSA) is 38.7 Å². The summed E-state index contributed by atoms with van der Waals surface area (Å²) in [5.74, 6) is 1.66. The molecule has 0 saturated heterocycles. The van der Waals surface area contributed by atoms with Crippen molar-refractivity contribution in [3.8, 4) is 5.75 Å². The molecule has 0 N–H and O–H groups in total. The zero-order valence-electron chi connectivity index (χ0n) is 15.0. The van der Waals surface area contributed by atoms with Crippen LogP contribution < -0.4 is 4.74 Å². The van der Waals surface area contributed by atoms with Crippen LogP contribution in [0.2, 0.25) is 0 Å². The molecule has 2 aliphatic rings. The van der Waals surface area contributed by atoms with Gasteiger partial charge >= 0.3 is 0 Å². The highest BCUT2D eigenvalue weighted by Gasteiger charge is 2.23. The summed E-state index contributed by atoms with van der Waals surface area (Å²) in [6, 6.07) is 18.1. The molecule has 5 heteroatoms. The number of hydrogen-bond acceptors (Lipinski definition) is 5. The van der Waals surface area contributed by atoms with Gasteiger partial charge < -0.3 is 4.74 Å². The van der Waals surface area contributed by atoms with Crippen molar-refractivity contribution in [3.63, 3.8) is 0 Å². The molecule has 1 heterocycles. The molecule has 1 aliphatic heterocycles. The maximum Gasteiger partial charge on any atom is 0.244 e. The number of carbonyl (C=O) groups excluding carboxylic acids is 1. The Hall–Kier alpha value is -1.98. The van der Waals surface area contributed by atoms with E-state index in [9.17, 15) is 4.79 Å². The molecule has 3 nitrogen and oxygen atoms in total. The number of carbonyl (C=O) groups is 1. The number of para-hydroxylation sites is 1. The summed E-state index contributed by atoms with van der Waals surface area (Å²) in [7, 11) is 0. The van der Waals surface area contributed by atoms with Crippen molar-refractivity contribution in [1.82, 2.24) is 0 Å². The van der Waals surface area contributed by atoms with Gasteiger partial charge in [0.15, 0.2) is 0 Å². The van der Waals surface area contributed by atoms with Crippen LogP contribution in [0, 0.1) is 0 Å². The van der Waals surface area contributed by atoms with Crippen molar-refractivity contribution in [1.29, 1.82) is 0 Å². The van der Waals surface area contributed by atoms with Gasteiger partial charge in [0, 0.05) is 11.3 Å².